The minimum atomic E-state index is -0.368. The molecule has 3 aromatic rings. The predicted molar refractivity (Wildman–Crippen MR) is 108 cm³/mol. The first kappa shape index (κ1) is 19.8. The van der Waals surface area contributed by atoms with Crippen LogP contribution in [0.2, 0.25) is 0 Å². The zero-order chi connectivity index (χ0) is 19.9. The molecule has 7 nitrogen and oxygen atoms in total. The summed E-state index contributed by atoms with van der Waals surface area (Å²) in [5.74, 6) is 1.33. The molecule has 1 N–H and O–H groups in total. The summed E-state index contributed by atoms with van der Waals surface area (Å²) in [4.78, 5) is 14.4. The van der Waals surface area contributed by atoms with E-state index in [0.717, 1.165) is 28.0 Å². The molecule has 3 rings (SSSR count). The molecule has 1 unspecified atom stereocenters. The van der Waals surface area contributed by atoms with Crippen LogP contribution >= 0.6 is 11.3 Å². The lowest BCUT2D eigenvalue weighted by Gasteiger charge is -2.17. The van der Waals surface area contributed by atoms with Crippen molar-refractivity contribution in [1.29, 1.82) is 0 Å². The van der Waals surface area contributed by atoms with Crippen molar-refractivity contribution in [1.82, 2.24) is 10.3 Å². The second kappa shape index (κ2) is 9.29. The highest BCUT2D eigenvalue weighted by Crippen LogP contribution is 2.31. The summed E-state index contributed by atoms with van der Waals surface area (Å²) in [7, 11) is 1.61. The van der Waals surface area contributed by atoms with Crippen molar-refractivity contribution in [3.05, 3.63) is 81.0 Å². The van der Waals surface area contributed by atoms with E-state index in [-0.39, 0.29) is 16.0 Å². The lowest BCUT2D eigenvalue weighted by Crippen LogP contribution is -2.17. The zero-order valence-corrected chi connectivity index (χ0v) is 16.4. The Labute approximate surface area is 167 Å². The Hall–Kier alpha value is -2.97. The van der Waals surface area contributed by atoms with E-state index in [2.05, 4.69) is 10.3 Å². The maximum atomic E-state index is 10.8. The number of rotatable bonds is 9. The number of pyridine rings is 1. The number of aromatic nitrogens is 1. The van der Waals surface area contributed by atoms with E-state index in [4.69, 9.17) is 9.47 Å². The molecule has 0 spiro atoms. The van der Waals surface area contributed by atoms with Crippen LogP contribution in [0.25, 0.3) is 0 Å². The molecule has 0 aliphatic heterocycles. The number of nitrogens with one attached hydrogen (secondary N) is 1. The van der Waals surface area contributed by atoms with Gasteiger partial charge in [-0.15, -0.1) is 0 Å². The number of hydrogen-bond acceptors (Lipinski definition) is 7. The Bertz CT molecular complexity index is 930. The third kappa shape index (κ3) is 5.05. The molecule has 0 amide bonds. The first-order valence-corrected chi connectivity index (χ1v) is 9.59. The highest BCUT2D eigenvalue weighted by Gasteiger charge is 2.13. The number of nitrogens with zero attached hydrogens (tertiary/aromatic N) is 2. The Balaban J connectivity index is 1.62. The molecular formula is C20H21N3O4S. The third-order valence-corrected chi connectivity index (χ3v) is 5.19. The number of benzene rings is 1. The van der Waals surface area contributed by atoms with Crippen LogP contribution < -0.4 is 14.8 Å². The normalized spacial score (nSPS) is 11.8. The van der Waals surface area contributed by atoms with E-state index < -0.39 is 0 Å². The van der Waals surface area contributed by atoms with Crippen LogP contribution in [0.5, 0.6) is 11.5 Å². The summed E-state index contributed by atoms with van der Waals surface area (Å²) in [6.45, 7) is 3.02. The molecule has 0 bridgehead atoms. The Morgan fingerprint density at radius 1 is 1.18 bits per heavy atom. The maximum absolute atomic E-state index is 10.8. The van der Waals surface area contributed by atoms with Crippen LogP contribution in [-0.4, -0.2) is 17.0 Å². The molecule has 0 radical (unpaired) electrons. The first-order chi connectivity index (χ1) is 13.6. The van der Waals surface area contributed by atoms with E-state index in [1.54, 1.807) is 30.9 Å². The first-order valence-electron chi connectivity index (χ1n) is 8.71. The summed E-state index contributed by atoms with van der Waals surface area (Å²) in [6.07, 6.45) is 3.46. The van der Waals surface area contributed by atoms with Gasteiger partial charge in [0.1, 0.15) is 6.61 Å². The molecule has 0 aliphatic carbocycles. The molecule has 2 aromatic heterocycles. The van der Waals surface area contributed by atoms with Crippen LogP contribution in [0.4, 0.5) is 5.00 Å². The van der Waals surface area contributed by atoms with Crippen LogP contribution in [0.1, 0.15) is 29.7 Å². The van der Waals surface area contributed by atoms with Gasteiger partial charge in [0.05, 0.1) is 12.0 Å². The van der Waals surface area contributed by atoms with Gasteiger partial charge in [-0.05, 0) is 47.9 Å². The highest BCUT2D eigenvalue weighted by molar-refractivity contribution is 7.13. The SMILES string of the molecule is COc1cc(C(C)NCc2csc([N+](=O)[O-])c2)ccc1OCc1ccncc1. The van der Waals surface area contributed by atoms with Gasteiger partial charge in [-0.3, -0.25) is 15.1 Å². The highest BCUT2D eigenvalue weighted by atomic mass is 32.1. The molecule has 0 saturated heterocycles. The lowest BCUT2D eigenvalue weighted by atomic mass is 10.1. The van der Waals surface area contributed by atoms with Crippen LogP contribution in [-0.2, 0) is 13.2 Å². The van der Waals surface area contributed by atoms with Crippen molar-refractivity contribution in [2.75, 3.05) is 7.11 Å². The van der Waals surface area contributed by atoms with Crippen molar-refractivity contribution in [3.63, 3.8) is 0 Å². The fraction of sp³-hybridized carbons (Fsp3) is 0.250. The van der Waals surface area contributed by atoms with Crippen LogP contribution in [0.15, 0.2) is 54.2 Å². The van der Waals surface area contributed by atoms with Crippen molar-refractivity contribution >= 4 is 16.3 Å². The lowest BCUT2D eigenvalue weighted by molar-refractivity contribution is -0.380. The summed E-state index contributed by atoms with van der Waals surface area (Å²) < 4.78 is 11.3. The van der Waals surface area contributed by atoms with Crippen LogP contribution in [0.3, 0.4) is 0 Å². The smallest absolute Gasteiger partial charge is 0.324 e. The van der Waals surface area contributed by atoms with Gasteiger partial charge in [0.25, 0.3) is 0 Å². The van der Waals surface area contributed by atoms with E-state index in [0.29, 0.717) is 24.7 Å². The number of methoxy groups -OCH3 is 1. The summed E-state index contributed by atoms with van der Waals surface area (Å²) in [5.41, 5.74) is 2.96. The number of hydrogen-bond donors (Lipinski definition) is 1. The van der Waals surface area contributed by atoms with E-state index in [1.807, 2.05) is 37.3 Å². The quantitative estimate of drug-likeness (QED) is 0.421. The number of ether oxygens (including phenoxy) is 2. The predicted octanol–water partition coefficient (Wildman–Crippen LogP) is 4.49. The van der Waals surface area contributed by atoms with Gasteiger partial charge in [-0.25, -0.2) is 0 Å². The standard InChI is InChI=1S/C20H21N3O4S/c1-14(22-11-16-9-20(23(24)25)28-13-16)17-3-4-18(19(10-17)26-2)27-12-15-5-7-21-8-6-15/h3-10,13-14,22H,11-12H2,1-2H3. The third-order valence-electron chi connectivity index (χ3n) is 4.26. The minimum absolute atomic E-state index is 0.0436. The van der Waals surface area contributed by atoms with Gasteiger partial charge in [0, 0.05) is 36.4 Å². The zero-order valence-electron chi connectivity index (χ0n) is 15.6. The van der Waals surface area contributed by atoms with Crippen molar-refractivity contribution in [2.45, 2.75) is 26.1 Å². The topological polar surface area (TPSA) is 86.5 Å². The van der Waals surface area contributed by atoms with E-state index in [9.17, 15) is 10.1 Å². The molecule has 0 fully saturated rings. The van der Waals surface area contributed by atoms with Crippen molar-refractivity contribution < 1.29 is 14.4 Å². The fourth-order valence-electron chi connectivity index (χ4n) is 2.65. The summed E-state index contributed by atoms with van der Waals surface area (Å²) in [5, 5.41) is 16.1. The molecule has 146 valence electrons. The molecule has 2 heterocycles. The number of nitro groups is 1. The van der Waals surface area contributed by atoms with Crippen molar-refractivity contribution in [3.8, 4) is 11.5 Å². The molecule has 0 aliphatic rings. The van der Waals surface area contributed by atoms with E-state index in [1.165, 1.54) is 0 Å². The maximum Gasteiger partial charge on any atom is 0.324 e. The van der Waals surface area contributed by atoms with E-state index >= 15 is 0 Å². The van der Waals surface area contributed by atoms with Gasteiger partial charge in [-0.2, -0.15) is 0 Å². The molecular weight excluding hydrogens is 378 g/mol. The van der Waals surface area contributed by atoms with Gasteiger partial charge in [0.2, 0.25) is 0 Å². The van der Waals surface area contributed by atoms with Crippen molar-refractivity contribution in [2.24, 2.45) is 0 Å². The average Bonchev–Trinajstić information content (AvgIpc) is 3.20. The molecule has 8 heteroatoms. The van der Waals surface area contributed by atoms with Gasteiger partial charge >= 0.3 is 5.00 Å². The monoisotopic (exact) mass is 399 g/mol. The molecule has 1 aromatic carbocycles. The minimum Gasteiger partial charge on any atom is -0.493 e. The second-order valence-electron chi connectivity index (χ2n) is 6.21. The van der Waals surface area contributed by atoms with Gasteiger partial charge in [0.15, 0.2) is 11.5 Å². The fourth-order valence-corrected chi connectivity index (χ4v) is 3.38. The van der Waals surface area contributed by atoms with Gasteiger partial charge < -0.3 is 14.8 Å². The largest absolute Gasteiger partial charge is 0.493 e. The Kier molecular flexibility index (Phi) is 6.57. The van der Waals surface area contributed by atoms with Gasteiger partial charge in [-0.1, -0.05) is 17.4 Å². The Morgan fingerprint density at radius 2 is 1.96 bits per heavy atom. The summed E-state index contributed by atoms with van der Waals surface area (Å²) >= 11 is 1.14. The second-order valence-corrected chi connectivity index (χ2v) is 7.10. The Morgan fingerprint density at radius 3 is 2.64 bits per heavy atom. The molecule has 1 atom stereocenters. The number of thiophene rings is 1. The van der Waals surface area contributed by atoms with Crippen LogP contribution in [0, 0.1) is 10.1 Å². The average molecular weight is 399 g/mol. The summed E-state index contributed by atoms with van der Waals surface area (Å²) in [6, 6.07) is 11.3. The molecule has 28 heavy (non-hydrogen) atoms. The molecule has 0 saturated carbocycles.